The molecule has 1 aromatic carbocycles. The summed E-state index contributed by atoms with van der Waals surface area (Å²) in [5.74, 6) is 0.972. The van der Waals surface area contributed by atoms with E-state index in [0.29, 0.717) is 6.04 Å². The fraction of sp³-hybridized carbons (Fsp3) is 0.429. The van der Waals surface area contributed by atoms with Crippen LogP contribution in [0.15, 0.2) is 42.6 Å². The van der Waals surface area contributed by atoms with Crippen LogP contribution in [0.3, 0.4) is 0 Å². The number of nitrogens with zero attached hydrogens (tertiary/aromatic N) is 5. The molecular weight excluding hydrogens is 336 g/mol. The van der Waals surface area contributed by atoms with E-state index in [1.165, 1.54) is 11.4 Å². The van der Waals surface area contributed by atoms with Gasteiger partial charge in [-0.15, -0.1) is 0 Å². The van der Waals surface area contributed by atoms with Gasteiger partial charge in [0, 0.05) is 24.0 Å². The van der Waals surface area contributed by atoms with Gasteiger partial charge < -0.3 is 9.80 Å². The van der Waals surface area contributed by atoms with Gasteiger partial charge in [-0.2, -0.15) is 10.2 Å². The predicted molar refractivity (Wildman–Crippen MR) is 109 cm³/mol. The smallest absolute Gasteiger partial charge is 0.156 e. The molecule has 0 fully saturated rings. The van der Waals surface area contributed by atoms with Crippen LogP contribution in [0.4, 0.5) is 17.2 Å². The molecule has 3 heterocycles. The summed E-state index contributed by atoms with van der Waals surface area (Å²) in [7, 11) is 0. The van der Waals surface area contributed by atoms with Gasteiger partial charge in [0.25, 0.3) is 0 Å². The van der Waals surface area contributed by atoms with Crippen molar-refractivity contribution in [3.8, 4) is 0 Å². The number of H-pyrrole nitrogens is 1. The molecule has 6 heteroatoms. The third-order valence-electron chi connectivity index (χ3n) is 5.45. The molecule has 1 unspecified atom stereocenters. The lowest BCUT2D eigenvalue weighted by atomic mass is 9.96. The minimum atomic E-state index is -0.268. The molecule has 0 amide bonds. The number of aryl methyl sites for hydroxylation is 1. The van der Waals surface area contributed by atoms with Gasteiger partial charge in [-0.1, -0.05) is 12.1 Å². The van der Waals surface area contributed by atoms with Crippen molar-refractivity contribution in [2.45, 2.75) is 59.3 Å². The number of nitrogens with one attached hydrogen (secondary N) is 1. The van der Waals surface area contributed by atoms with Gasteiger partial charge in [-0.3, -0.25) is 9.78 Å². The fourth-order valence-electron chi connectivity index (χ4n) is 4.07. The lowest BCUT2D eigenvalue weighted by molar-refractivity contribution is 0.434. The van der Waals surface area contributed by atoms with Crippen LogP contribution in [-0.4, -0.2) is 26.1 Å². The quantitative estimate of drug-likeness (QED) is 0.727. The Labute approximate surface area is 160 Å². The maximum atomic E-state index is 4.83. The zero-order chi connectivity index (χ0) is 19.3. The SMILES string of the molecule is Cc1cc(C(C)(C)N2c3ccccc3N(c3ccn(C(C)C)n3)C2C)n[nH]1. The highest BCUT2D eigenvalue weighted by molar-refractivity contribution is 5.83. The molecule has 1 aliphatic rings. The second kappa shape index (κ2) is 6.15. The zero-order valence-electron chi connectivity index (χ0n) is 16.9. The zero-order valence-corrected chi connectivity index (χ0v) is 16.9. The van der Waals surface area contributed by atoms with Gasteiger partial charge in [0.2, 0.25) is 0 Å². The maximum absolute atomic E-state index is 4.83. The Bertz CT molecular complexity index is 951. The summed E-state index contributed by atoms with van der Waals surface area (Å²) in [6, 6.07) is 13.1. The number of aromatic nitrogens is 4. The van der Waals surface area contributed by atoms with Crippen molar-refractivity contribution in [1.82, 2.24) is 20.0 Å². The van der Waals surface area contributed by atoms with Crippen LogP contribution in [0.1, 0.15) is 52.0 Å². The van der Waals surface area contributed by atoms with E-state index in [0.717, 1.165) is 17.2 Å². The second-order valence-electron chi connectivity index (χ2n) is 8.10. The van der Waals surface area contributed by atoms with E-state index in [-0.39, 0.29) is 11.7 Å². The lowest BCUT2D eigenvalue weighted by Gasteiger charge is -2.40. The monoisotopic (exact) mass is 364 g/mol. The Morgan fingerprint density at radius 3 is 2.41 bits per heavy atom. The molecule has 0 spiro atoms. The van der Waals surface area contributed by atoms with Crippen LogP contribution >= 0.6 is 0 Å². The highest BCUT2D eigenvalue weighted by Crippen LogP contribution is 2.48. The van der Waals surface area contributed by atoms with Gasteiger partial charge in [0.1, 0.15) is 6.17 Å². The number of hydrogen-bond donors (Lipinski definition) is 1. The van der Waals surface area contributed by atoms with Gasteiger partial charge in [0.05, 0.1) is 22.6 Å². The Morgan fingerprint density at radius 2 is 1.81 bits per heavy atom. The van der Waals surface area contributed by atoms with E-state index < -0.39 is 0 Å². The normalized spacial score (nSPS) is 17.1. The fourth-order valence-corrected chi connectivity index (χ4v) is 4.07. The summed E-state index contributed by atoms with van der Waals surface area (Å²) in [5, 5.41) is 12.5. The molecular formula is C21H28N6. The summed E-state index contributed by atoms with van der Waals surface area (Å²) in [6.45, 7) is 13.0. The summed E-state index contributed by atoms with van der Waals surface area (Å²) in [4.78, 5) is 4.75. The number of hydrogen-bond acceptors (Lipinski definition) is 4. The number of benzene rings is 1. The van der Waals surface area contributed by atoms with E-state index in [9.17, 15) is 0 Å². The van der Waals surface area contributed by atoms with Crippen LogP contribution in [-0.2, 0) is 5.54 Å². The number of anilines is 3. The first-order valence-corrected chi connectivity index (χ1v) is 9.56. The van der Waals surface area contributed by atoms with Crippen LogP contribution < -0.4 is 9.80 Å². The molecule has 6 nitrogen and oxygen atoms in total. The second-order valence-corrected chi connectivity index (χ2v) is 8.10. The average molecular weight is 364 g/mol. The predicted octanol–water partition coefficient (Wildman–Crippen LogP) is 4.73. The van der Waals surface area contributed by atoms with Crippen molar-refractivity contribution in [2.75, 3.05) is 9.80 Å². The molecule has 1 aliphatic heterocycles. The highest BCUT2D eigenvalue weighted by Gasteiger charge is 2.44. The van der Waals surface area contributed by atoms with E-state index in [1.54, 1.807) is 0 Å². The van der Waals surface area contributed by atoms with Crippen molar-refractivity contribution < 1.29 is 0 Å². The first-order valence-electron chi connectivity index (χ1n) is 9.56. The van der Waals surface area contributed by atoms with Gasteiger partial charge in [-0.25, -0.2) is 0 Å². The van der Waals surface area contributed by atoms with E-state index in [1.807, 2.05) is 11.6 Å². The number of aromatic amines is 1. The summed E-state index contributed by atoms with van der Waals surface area (Å²) in [6.07, 6.45) is 2.17. The van der Waals surface area contributed by atoms with E-state index in [4.69, 9.17) is 5.10 Å². The van der Waals surface area contributed by atoms with Gasteiger partial charge in [-0.05, 0) is 59.7 Å². The Morgan fingerprint density at radius 1 is 1.11 bits per heavy atom. The highest BCUT2D eigenvalue weighted by atomic mass is 15.5. The molecule has 0 aliphatic carbocycles. The Kier molecular flexibility index (Phi) is 4.02. The third-order valence-corrected chi connectivity index (χ3v) is 5.45. The molecule has 142 valence electrons. The standard InChI is InChI=1S/C21H28N6/c1-14(2)25-12-11-20(24-25)26-16(4)27(18-10-8-7-9-17(18)26)21(5,6)19-13-15(3)22-23-19/h7-14,16H,1-6H3,(H,22,23). The molecule has 3 aromatic rings. The summed E-state index contributed by atoms with van der Waals surface area (Å²) in [5.41, 5.74) is 4.23. The van der Waals surface area contributed by atoms with E-state index in [2.05, 4.69) is 97.2 Å². The topological polar surface area (TPSA) is 53.0 Å². The van der Waals surface area contributed by atoms with Gasteiger partial charge in [0.15, 0.2) is 5.82 Å². The molecule has 2 aromatic heterocycles. The Hall–Kier alpha value is -2.76. The van der Waals surface area contributed by atoms with Crippen molar-refractivity contribution in [1.29, 1.82) is 0 Å². The minimum absolute atomic E-state index is 0.116. The molecule has 0 bridgehead atoms. The van der Waals surface area contributed by atoms with Crippen molar-refractivity contribution in [3.63, 3.8) is 0 Å². The number of rotatable bonds is 4. The molecule has 27 heavy (non-hydrogen) atoms. The lowest BCUT2D eigenvalue weighted by Crippen LogP contribution is -2.49. The first kappa shape index (κ1) is 17.6. The molecule has 0 radical (unpaired) electrons. The van der Waals surface area contributed by atoms with Crippen LogP contribution in [0.2, 0.25) is 0 Å². The van der Waals surface area contributed by atoms with Crippen LogP contribution in [0.5, 0.6) is 0 Å². The molecule has 0 saturated heterocycles. The van der Waals surface area contributed by atoms with Crippen LogP contribution in [0, 0.1) is 6.92 Å². The first-order chi connectivity index (χ1) is 12.8. The molecule has 1 N–H and O–H groups in total. The van der Waals surface area contributed by atoms with E-state index >= 15 is 0 Å². The van der Waals surface area contributed by atoms with Crippen LogP contribution in [0.25, 0.3) is 0 Å². The van der Waals surface area contributed by atoms with Crippen molar-refractivity contribution >= 4 is 17.2 Å². The summed E-state index contributed by atoms with van der Waals surface area (Å²) < 4.78 is 2.01. The average Bonchev–Trinajstić information content (AvgIpc) is 3.31. The van der Waals surface area contributed by atoms with Crippen molar-refractivity contribution in [2.24, 2.45) is 0 Å². The molecule has 0 saturated carbocycles. The minimum Gasteiger partial charge on any atom is -0.338 e. The number of fused-ring (bicyclic) bond motifs is 1. The molecule has 1 atom stereocenters. The largest absolute Gasteiger partial charge is 0.338 e. The maximum Gasteiger partial charge on any atom is 0.156 e. The summed E-state index contributed by atoms with van der Waals surface area (Å²) >= 11 is 0. The third kappa shape index (κ3) is 2.71. The molecule has 4 rings (SSSR count). The van der Waals surface area contributed by atoms with Gasteiger partial charge >= 0.3 is 0 Å². The van der Waals surface area contributed by atoms with Crippen molar-refractivity contribution in [3.05, 3.63) is 54.0 Å². The number of para-hydroxylation sites is 2. The Balaban J connectivity index is 1.81.